The Balaban J connectivity index is 0.000000569. The molecule has 4 aromatic carbocycles. The molecule has 0 fully saturated rings. The average Bonchev–Trinajstić information content (AvgIpc) is 2.88. The van der Waals surface area contributed by atoms with Crippen LogP contribution in [0.1, 0.15) is 22.3 Å². The topological polar surface area (TPSA) is 229 Å². The summed E-state index contributed by atoms with van der Waals surface area (Å²) in [6.45, 7) is 6.35. The molecule has 4 aromatic rings. The van der Waals surface area contributed by atoms with Gasteiger partial charge in [0, 0.05) is 0 Å². The Kier molecular flexibility index (Phi) is 16.9. The molecular formula is C28H28O12PbS4. The van der Waals surface area contributed by atoms with Crippen molar-refractivity contribution < 1.29 is 51.9 Å². The summed E-state index contributed by atoms with van der Waals surface area (Å²) in [6, 6.07) is 24.4. The van der Waals surface area contributed by atoms with Gasteiger partial charge in [0.15, 0.2) is 0 Å². The maximum Gasteiger partial charge on any atom is 4.00 e. The summed E-state index contributed by atoms with van der Waals surface area (Å²) in [5.74, 6) is 0. The van der Waals surface area contributed by atoms with Crippen molar-refractivity contribution in [1.29, 1.82) is 0 Å². The van der Waals surface area contributed by atoms with E-state index in [1.165, 1.54) is 48.5 Å². The normalized spacial score (nSPS) is 11.2. The van der Waals surface area contributed by atoms with Crippen LogP contribution in [0.25, 0.3) is 0 Å². The van der Waals surface area contributed by atoms with Gasteiger partial charge in [0.25, 0.3) is 0 Å². The van der Waals surface area contributed by atoms with Crippen molar-refractivity contribution >= 4 is 67.8 Å². The van der Waals surface area contributed by atoms with Crippen LogP contribution < -0.4 is 0 Å². The molecule has 12 nitrogen and oxygen atoms in total. The second-order valence-corrected chi connectivity index (χ2v) is 14.3. The standard InChI is InChI=1S/4C7H8O3S.Pb/c4*1-6-4-2-3-5-7(6)11(8,9)10;/h4*2-5H,1H3,(H,8,9,10);/q;;;;+4/p-4. The minimum absolute atomic E-state index is 0. The van der Waals surface area contributed by atoms with Gasteiger partial charge in [-0.1, -0.05) is 72.8 Å². The molecule has 0 spiro atoms. The summed E-state index contributed by atoms with van der Waals surface area (Å²) in [7, 11) is -17.1. The number of benzene rings is 4. The number of rotatable bonds is 4. The third kappa shape index (κ3) is 15.1. The van der Waals surface area contributed by atoms with Gasteiger partial charge in [-0.15, -0.1) is 0 Å². The molecule has 0 amide bonds. The fourth-order valence-electron chi connectivity index (χ4n) is 3.35. The molecule has 0 saturated heterocycles. The van der Waals surface area contributed by atoms with E-state index in [1.807, 2.05) is 0 Å². The molecular weight excluding hydrogens is 864 g/mol. The summed E-state index contributed by atoms with van der Waals surface area (Å²) < 4.78 is 126. The van der Waals surface area contributed by atoms with Gasteiger partial charge < -0.3 is 18.2 Å². The van der Waals surface area contributed by atoms with E-state index in [-0.39, 0.29) is 46.9 Å². The molecule has 4 rings (SSSR count). The average molecular weight is 892 g/mol. The predicted octanol–water partition coefficient (Wildman–Crippen LogP) is 3.22. The Hall–Kier alpha value is -2.56. The van der Waals surface area contributed by atoms with E-state index in [0.717, 1.165) is 0 Å². The SMILES string of the molecule is Cc1ccccc1S(=O)(=O)[O-].Cc1ccccc1S(=O)(=O)[O-].Cc1ccccc1S(=O)(=O)[O-].Cc1ccccc1S(=O)(=O)[O-].[Pb+4]. The van der Waals surface area contributed by atoms with Gasteiger partial charge in [-0.25, -0.2) is 33.7 Å². The first-order valence-electron chi connectivity index (χ1n) is 12.1. The Morgan fingerprint density at radius 3 is 0.556 bits per heavy atom. The molecule has 0 aliphatic carbocycles. The van der Waals surface area contributed by atoms with Crippen molar-refractivity contribution in [3.8, 4) is 0 Å². The van der Waals surface area contributed by atoms with Crippen LogP contribution >= 0.6 is 0 Å². The summed E-state index contributed by atoms with van der Waals surface area (Å²) in [6.07, 6.45) is 0. The minimum atomic E-state index is -4.28. The Morgan fingerprint density at radius 2 is 0.467 bits per heavy atom. The summed E-state index contributed by atoms with van der Waals surface area (Å²) in [5, 5.41) is 0. The van der Waals surface area contributed by atoms with Crippen LogP contribution in [0.5, 0.6) is 0 Å². The van der Waals surface area contributed by atoms with Crippen LogP contribution in [0.15, 0.2) is 117 Å². The minimum Gasteiger partial charge on any atom is -0.744 e. The quantitative estimate of drug-likeness (QED) is 0.213. The molecule has 0 atom stereocenters. The molecule has 0 bridgehead atoms. The van der Waals surface area contributed by atoms with Gasteiger partial charge in [-0.05, 0) is 74.2 Å². The third-order valence-corrected chi connectivity index (χ3v) is 9.44. The van der Waals surface area contributed by atoms with Crippen LogP contribution in [-0.2, 0) is 40.5 Å². The van der Waals surface area contributed by atoms with Crippen LogP contribution in [0, 0.1) is 27.7 Å². The van der Waals surface area contributed by atoms with Crippen LogP contribution in [-0.4, -0.2) is 79.2 Å². The van der Waals surface area contributed by atoms with E-state index in [0.29, 0.717) is 22.3 Å². The van der Waals surface area contributed by atoms with Gasteiger partial charge in [-0.3, -0.25) is 0 Å². The number of aryl methyl sites for hydroxylation is 4. The second-order valence-electron chi connectivity index (χ2n) is 8.88. The van der Waals surface area contributed by atoms with E-state index in [4.69, 9.17) is 0 Å². The first kappa shape index (κ1) is 42.4. The predicted molar refractivity (Wildman–Crippen MR) is 162 cm³/mol. The summed E-state index contributed by atoms with van der Waals surface area (Å²) in [5.41, 5.74) is 1.95. The van der Waals surface area contributed by atoms with E-state index in [1.54, 1.807) is 76.2 Å². The van der Waals surface area contributed by atoms with Crippen molar-refractivity contribution in [1.82, 2.24) is 0 Å². The maximum atomic E-state index is 10.5. The van der Waals surface area contributed by atoms with Gasteiger partial charge in [-0.2, -0.15) is 0 Å². The number of hydrogen-bond donors (Lipinski definition) is 0. The fraction of sp³-hybridized carbons (Fsp3) is 0.143. The van der Waals surface area contributed by atoms with Crippen LogP contribution in [0.3, 0.4) is 0 Å². The fourth-order valence-corrected chi connectivity index (χ4v) is 6.18. The van der Waals surface area contributed by atoms with Gasteiger partial charge in [0.05, 0.1) is 19.6 Å². The van der Waals surface area contributed by atoms with E-state index < -0.39 is 40.5 Å². The Labute approximate surface area is 284 Å². The molecule has 240 valence electrons. The smallest absolute Gasteiger partial charge is 0.744 e. The van der Waals surface area contributed by atoms with Crippen molar-refractivity contribution in [2.75, 3.05) is 0 Å². The van der Waals surface area contributed by atoms with Crippen molar-refractivity contribution in [2.24, 2.45) is 0 Å². The van der Waals surface area contributed by atoms with E-state index >= 15 is 0 Å². The van der Waals surface area contributed by atoms with Crippen LogP contribution in [0.4, 0.5) is 0 Å². The molecule has 0 aromatic heterocycles. The second kappa shape index (κ2) is 18.0. The van der Waals surface area contributed by atoms with Crippen molar-refractivity contribution in [3.05, 3.63) is 119 Å². The monoisotopic (exact) mass is 892 g/mol. The summed E-state index contributed by atoms with van der Waals surface area (Å²) >= 11 is 0. The molecule has 0 aliphatic rings. The maximum absolute atomic E-state index is 10.5. The van der Waals surface area contributed by atoms with Gasteiger partial charge >= 0.3 is 27.3 Å². The molecule has 45 heavy (non-hydrogen) atoms. The molecule has 0 heterocycles. The largest absolute Gasteiger partial charge is 4.00 e. The summed E-state index contributed by atoms with van der Waals surface area (Å²) in [4.78, 5) is -0.556. The molecule has 0 saturated carbocycles. The molecule has 0 aliphatic heterocycles. The first-order chi connectivity index (χ1) is 20.1. The zero-order valence-corrected chi connectivity index (χ0v) is 31.4. The molecule has 0 N–H and O–H groups in total. The third-order valence-electron chi connectivity index (χ3n) is 5.45. The molecule has 17 heteroatoms. The zero-order chi connectivity index (χ0) is 33.9. The molecule has 0 radical (unpaired) electrons. The van der Waals surface area contributed by atoms with Crippen molar-refractivity contribution in [3.63, 3.8) is 0 Å². The Morgan fingerprint density at radius 1 is 0.333 bits per heavy atom. The number of hydrogen-bond acceptors (Lipinski definition) is 12. The van der Waals surface area contributed by atoms with E-state index in [2.05, 4.69) is 0 Å². The van der Waals surface area contributed by atoms with E-state index in [9.17, 15) is 51.9 Å². The van der Waals surface area contributed by atoms with Gasteiger partial charge in [0.2, 0.25) is 0 Å². The first-order valence-corrected chi connectivity index (χ1v) is 17.8. The molecule has 0 unspecified atom stereocenters. The van der Waals surface area contributed by atoms with Gasteiger partial charge in [0.1, 0.15) is 40.5 Å². The van der Waals surface area contributed by atoms with Crippen molar-refractivity contribution in [2.45, 2.75) is 47.3 Å². The van der Waals surface area contributed by atoms with Crippen LogP contribution in [0.2, 0.25) is 0 Å². The Bertz CT molecular complexity index is 1720. The zero-order valence-electron chi connectivity index (χ0n) is 24.3.